The van der Waals surface area contributed by atoms with Gasteiger partial charge >= 0.3 is 5.97 Å². The summed E-state index contributed by atoms with van der Waals surface area (Å²) >= 11 is 0. The molecule has 0 aromatic heterocycles. The lowest BCUT2D eigenvalue weighted by atomic mass is 10.5. The smallest absolute Gasteiger partial charge is 0.320 e. The highest BCUT2D eigenvalue weighted by Crippen LogP contribution is 1.83. The van der Waals surface area contributed by atoms with Crippen molar-refractivity contribution in [2.75, 3.05) is 27.2 Å². The van der Waals surface area contributed by atoms with Gasteiger partial charge in [-0.2, -0.15) is 0 Å². The lowest BCUT2D eigenvalue weighted by Gasteiger charge is -2.07. The number of likely N-dealkylation sites (N-methyl/N-ethyl adjacent to an activating group) is 1. The van der Waals surface area contributed by atoms with Gasteiger partial charge in [-0.25, -0.2) is 0 Å². The first-order valence-corrected chi connectivity index (χ1v) is 4.47. The van der Waals surface area contributed by atoms with Crippen LogP contribution in [0.25, 0.3) is 0 Å². The highest BCUT2D eigenvalue weighted by Gasteiger charge is 2.01. The van der Waals surface area contributed by atoms with Gasteiger partial charge in [0.15, 0.2) is 0 Å². The van der Waals surface area contributed by atoms with Gasteiger partial charge in [0.2, 0.25) is 0 Å². The number of carbonyl (C=O) groups is 1. The molecule has 0 radical (unpaired) electrons. The van der Waals surface area contributed by atoms with Gasteiger partial charge in [0, 0.05) is 0 Å². The van der Waals surface area contributed by atoms with Gasteiger partial charge in [0.1, 0.15) is 0 Å². The minimum atomic E-state index is -0.146. The third-order valence-electron chi connectivity index (χ3n) is 0.913. The Labute approximate surface area is 75.7 Å². The first-order chi connectivity index (χ1) is 5.66. The third-order valence-corrected chi connectivity index (χ3v) is 0.913. The molecule has 0 saturated heterocycles. The number of rotatable bonds is 4. The van der Waals surface area contributed by atoms with Crippen molar-refractivity contribution in [3.63, 3.8) is 0 Å². The van der Waals surface area contributed by atoms with E-state index in [4.69, 9.17) is 4.74 Å². The molecule has 3 heteroatoms. The van der Waals surface area contributed by atoms with E-state index >= 15 is 0 Å². The van der Waals surface area contributed by atoms with Crippen LogP contribution in [-0.2, 0) is 9.53 Å². The van der Waals surface area contributed by atoms with Gasteiger partial charge in [-0.05, 0) is 20.5 Å². The van der Waals surface area contributed by atoms with E-state index in [1.54, 1.807) is 4.90 Å². The number of hydrogen-bond donors (Lipinski definition) is 0. The summed E-state index contributed by atoms with van der Waals surface area (Å²) in [7, 11) is 3.68. The SMILES string of the molecule is CC.CCCOC(=O)CN(C)C. The molecule has 3 nitrogen and oxygen atoms in total. The predicted octanol–water partition coefficient (Wildman–Crippen LogP) is 1.53. The van der Waals surface area contributed by atoms with E-state index in [0.29, 0.717) is 13.2 Å². The van der Waals surface area contributed by atoms with E-state index in [1.807, 2.05) is 34.9 Å². The van der Waals surface area contributed by atoms with Crippen LogP contribution in [-0.4, -0.2) is 38.1 Å². The number of nitrogens with zero attached hydrogens (tertiary/aromatic N) is 1. The zero-order valence-electron chi connectivity index (χ0n) is 8.89. The van der Waals surface area contributed by atoms with Crippen molar-refractivity contribution in [2.24, 2.45) is 0 Å². The standard InChI is InChI=1S/C7H15NO2.C2H6/c1-4-5-10-7(9)6-8(2)3;1-2/h4-6H2,1-3H3;1-2H3. The van der Waals surface area contributed by atoms with Gasteiger partial charge in [0.05, 0.1) is 13.2 Å². The fourth-order valence-corrected chi connectivity index (χ4v) is 0.520. The van der Waals surface area contributed by atoms with Gasteiger partial charge in [-0.1, -0.05) is 20.8 Å². The van der Waals surface area contributed by atoms with Gasteiger partial charge < -0.3 is 4.74 Å². The molecular formula is C9H21NO2. The second kappa shape index (κ2) is 10.4. The first-order valence-electron chi connectivity index (χ1n) is 4.47. The summed E-state index contributed by atoms with van der Waals surface area (Å²) < 4.78 is 4.82. The van der Waals surface area contributed by atoms with Crippen LogP contribution in [0.1, 0.15) is 27.2 Å². The van der Waals surface area contributed by atoms with Crippen molar-refractivity contribution < 1.29 is 9.53 Å². The Kier molecular flexibility index (Phi) is 12.2. The average Bonchev–Trinajstić information content (AvgIpc) is 2.03. The number of carbonyl (C=O) groups excluding carboxylic acids is 1. The third kappa shape index (κ3) is 12.1. The molecule has 0 aliphatic rings. The van der Waals surface area contributed by atoms with Crippen molar-refractivity contribution in [1.82, 2.24) is 4.90 Å². The Morgan fingerprint density at radius 1 is 1.33 bits per heavy atom. The molecule has 0 spiro atoms. The molecule has 12 heavy (non-hydrogen) atoms. The summed E-state index contributed by atoms with van der Waals surface area (Å²) in [5, 5.41) is 0. The molecule has 0 aromatic carbocycles. The van der Waals surface area contributed by atoms with Crippen LogP contribution < -0.4 is 0 Å². The van der Waals surface area contributed by atoms with Crippen LogP contribution in [0.5, 0.6) is 0 Å². The van der Waals surface area contributed by atoms with Crippen LogP contribution >= 0.6 is 0 Å². The molecule has 0 N–H and O–H groups in total. The topological polar surface area (TPSA) is 29.5 Å². The Balaban J connectivity index is 0. The Bertz CT molecular complexity index is 103. The lowest BCUT2D eigenvalue weighted by Crippen LogP contribution is -2.23. The van der Waals surface area contributed by atoms with Crippen LogP contribution in [0.4, 0.5) is 0 Å². The summed E-state index contributed by atoms with van der Waals surface area (Å²) in [5.74, 6) is -0.146. The molecule has 0 atom stereocenters. The quantitative estimate of drug-likeness (QED) is 0.607. The number of hydrogen-bond acceptors (Lipinski definition) is 3. The molecule has 74 valence electrons. The molecule has 0 saturated carbocycles. The van der Waals surface area contributed by atoms with Crippen molar-refractivity contribution in [3.8, 4) is 0 Å². The molecule has 0 amide bonds. The van der Waals surface area contributed by atoms with E-state index in [-0.39, 0.29) is 5.97 Å². The zero-order valence-corrected chi connectivity index (χ0v) is 8.89. The van der Waals surface area contributed by atoms with Crippen LogP contribution in [0, 0.1) is 0 Å². The molecule has 0 fully saturated rings. The normalized spacial score (nSPS) is 8.83. The largest absolute Gasteiger partial charge is 0.465 e. The van der Waals surface area contributed by atoms with Crippen molar-refractivity contribution in [1.29, 1.82) is 0 Å². The predicted molar refractivity (Wildman–Crippen MR) is 51.2 cm³/mol. The number of esters is 1. The maximum absolute atomic E-state index is 10.7. The molecule has 0 bridgehead atoms. The zero-order chi connectivity index (χ0) is 9.98. The first kappa shape index (κ1) is 14.0. The molecular weight excluding hydrogens is 154 g/mol. The van der Waals surface area contributed by atoms with Crippen molar-refractivity contribution in [2.45, 2.75) is 27.2 Å². The van der Waals surface area contributed by atoms with Crippen molar-refractivity contribution in [3.05, 3.63) is 0 Å². The Morgan fingerprint density at radius 3 is 2.17 bits per heavy atom. The fourth-order valence-electron chi connectivity index (χ4n) is 0.520. The lowest BCUT2D eigenvalue weighted by molar-refractivity contribution is -0.144. The molecule has 0 rings (SSSR count). The van der Waals surface area contributed by atoms with Crippen LogP contribution in [0.3, 0.4) is 0 Å². The molecule has 0 unspecified atom stereocenters. The fraction of sp³-hybridized carbons (Fsp3) is 0.889. The summed E-state index contributed by atoms with van der Waals surface area (Å²) in [5.41, 5.74) is 0. The van der Waals surface area contributed by atoms with Gasteiger partial charge in [0.25, 0.3) is 0 Å². The van der Waals surface area contributed by atoms with Crippen LogP contribution in [0.15, 0.2) is 0 Å². The van der Waals surface area contributed by atoms with E-state index in [0.717, 1.165) is 6.42 Å². The average molecular weight is 175 g/mol. The molecule has 0 aromatic rings. The summed E-state index contributed by atoms with van der Waals surface area (Å²) in [6, 6.07) is 0. The van der Waals surface area contributed by atoms with E-state index in [2.05, 4.69) is 0 Å². The Morgan fingerprint density at radius 2 is 1.83 bits per heavy atom. The highest BCUT2D eigenvalue weighted by molar-refractivity contribution is 5.71. The van der Waals surface area contributed by atoms with E-state index in [1.165, 1.54) is 0 Å². The van der Waals surface area contributed by atoms with Gasteiger partial charge in [-0.15, -0.1) is 0 Å². The summed E-state index contributed by atoms with van der Waals surface area (Å²) in [4.78, 5) is 12.5. The summed E-state index contributed by atoms with van der Waals surface area (Å²) in [6.07, 6.45) is 0.888. The van der Waals surface area contributed by atoms with Crippen LogP contribution in [0.2, 0.25) is 0 Å². The van der Waals surface area contributed by atoms with E-state index < -0.39 is 0 Å². The van der Waals surface area contributed by atoms with Gasteiger partial charge in [-0.3, -0.25) is 9.69 Å². The number of ether oxygens (including phenoxy) is 1. The molecule has 0 aliphatic carbocycles. The minimum absolute atomic E-state index is 0.146. The maximum atomic E-state index is 10.7. The van der Waals surface area contributed by atoms with E-state index in [9.17, 15) is 4.79 Å². The second-order valence-electron chi connectivity index (χ2n) is 2.46. The highest BCUT2D eigenvalue weighted by atomic mass is 16.5. The molecule has 0 aliphatic heterocycles. The van der Waals surface area contributed by atoms with Crippen molar-refractivity contribution >= 4 is 5.97 Å². The maximum Gasteiger partial charge on any atom is 0.320 e. The second-order valence-corrected chi connectivity index (χ2v) is 2.46. The minimum Gasteiger partial charge on any atom is -0.465 e. The Hall–Kier alpha value is -0.570. The monoisotopic (exact) mass is 175 g/mol. The summed E-state index contributed by atoms with van der Waals surface area (Å²) in [6.45, 7) is 6.88. The molecule has 0 heterocycles.